The Kier molecular flexibility index (Phi) is 4.36. The molecule has 1 aromatic carbocycles. The monoisotopic (exact) mass is 312 g/mol. The van der Waals surface area contributed by atoms with Gasteiger partial charge in [-0.2, -0.15) is 4.31 Å². The average molecular weight is 312 g/mol. The van der Waals surface area contributed by atoms with Gasteiger partial charge in [0, 0.05) is 18.7 Å². The molecule has 0 aliphatic carbocycles. The summed E-state index contributed by atoms with van der Waals surface area (Å²) in [5.41, 5.74) is 4.59. The average Bonchev–Trinajstić information content (AvgIpc) is 2.60. The maximum Gasteiger partial charge on any atom is 0.248 e. The van der Waals surface area contributed by atoms with Gasteiger partial charge in [0.15, 0.2) is 0 Å². The Labute approximate surface area is 124 Å². The number of aliphatic hydroxyl groups is 1. The lowest BCUT2D eigenvalue weighted by Gasteiger charge is -2.22. The molecule has 1 atom stereocenters. The van der Waals surface area contributed by atoms with Gasteiger partial charge in [0.2, 0.25) is 15.9 Å². The van der Waals surface area contributed by atoms with Crippen molar-refractivity contribution in [2.45, 2.75) is 36.7 Å². The molecule has 1 unspecified atom stereocenters. The van der Waals surface area contributed by atoms with Gasteiger partial charge in [0.1, 0.15) is 0 Å². The highest BCUT2D eigenvalue weighted by Gasteiger charge is 2.31. The Hall–Kier alpha value is -1.44. The number of hydrogen-bond donors (Lipinski definition) is 2. The molecule has 1 fully saturated rings. The minimum absolute atomic E-state index is 0.133. The van der Waals surface area contributed by atoms with Crippen LogP contribution in [-0.2, 0) is 10.0 Å². The van der Waals surface area contributed by atoms with Crippen LogP contribution in [0.25, 0.3) is 0 Å². The third-order valence-corrected chi connectivity index (χ3v) is 5.71. The fraction of sp³-hybridized carbons (Fsp3) is 0.500. The topological polar surface area (TPSA) is 101 Å². The number of primary amides is 1. The molecule has 116 valence electrons. The molecule has 0 spiro atoms. The minimum Gasteiger partial charge on any atom is -0.390 e. The van der Waals surface area contributed by atoms with Crippen LogP contribution in [-0.4, -0.2) is 42.4 Å². The highest BCUT2D eigenvalue weighted by atomic mass is 32.2. The molecule has 1 aliphatic rings. The second-order valence-electron chi connectivity index (χ2n) is 5.64. The Morgan fingerprint density at radius 3 is 2.43 bits per heavy atom. The fourth-order valence-electron chi connectivity index (χ4n) is 2.42. The Bertz CT molecular complexity index is 623. The van der Waals surface area contributed by atoms with Gasteiger partial charge in [-0.05, 0) is 50.5 Å². The quantitative estimate of drug-likeness (QED) is 0.858. The number of rotatable bonds is 3. The summed E-state index contributed by atoms with van der Waals surface area (Å²) < 4.78 is 26.5. The smallest absolute Gasteiger partial charge is 0.248 e. The summed E-state index contributed by atoms with van der Waals surface area (Å²) in [6.45, 7) is 2.40. The molecule has 0 saturated carbocycles. The summed E-state index contributed by atoms with van der Waals surface area (Å²) in [7, 11) is -3.61. The van der Waals surface area contributed by atoms with E-state index in [2.05, 4.69) is 0 Å². The first kappa shape index (κ1) is 15.9. The molecule has 1 aliphatic heterocycles. The number of amides is 1. The number of carbonyl (C=O) groups is 1. The van der Waals surface area contributed by atoms with E-state index >= 15 is 0 Å². The van der Waals surface area contributed by atoms with Crippen molar-refractivity contribution in [3.63, 3.8) is 0 Å². The SMILES string of the molecule is CC1(O)CCCN(S(=O)(=O)c2ccc(C(N)=O)cc2)CC1. The third-order valence-electron chi connectivity index (χ3n) is 3.80. The van der Waals surface area contributed by atoms with E-state index in [1.54, 1.807) is 6.92 Å². The highest BCUT2D eigenvalue weighted by Crippen LogP contribution is 2.25. The summed E-state index contributed by atoms with van der Waals surface area (Å²) >= 11 is 0. The molecule has 1 saturated heterocycles. The summed E-state index contributed by atoms with van der Waals surface area (Å²) in [6.07, 6.45) is 1.61. The van der Waals surface area contributed by atoms with Gasteiger partial charge in [0.05, 0.1) is 10.5 Å². The minimum atomic E-state index is -3.61. The lowest BCUT2D eigenvalue weighted by atomic mass is 9.98. The van der Waals surface area contributed by atoms with Crippen LogP contribution in [0.1, 0.15) is 36.5 Å². The molecule has 0 bridgehead atoms. The molecule has 0 radical (unpaired) electrons. The molecular formula is C14H20N2O4S. The van der Waals surface area contributed by atoms with Crippen molar-refractivity contribution in [1.82, 2.24) is 4.31 Å². The van der Waals surface area contributed by atoms with E-state index in [-0.39, 0.29) is 17.0 Å². The van der Waals surface area contributed by atoms with E-state index in [4.69, 9.17) is 5.73 Å². The summed E-state index contributed by atoms with van der Waals surface area (Å²) in [5, 5.41) is 10.0. The van der Waals surface area contributed by atoms with Crippen LogP contribution < -0.4 is 5.73 Å². The number of hydrogen-bond acceptors (Lipinski definition) is 4. The lowest BCUT2D eigenvalue weighted by molar-refractivity contribution is 0.0465. The Balaban J connectivity index is 2.23. The maximum atomic E-state index is 12.6. The molecule has 0 aromatic heterocycles. The van der Waals surface area contributed by atoms with Gasteiger partial charge >= 0.3 is 0 Å². The highest BCUT2D eigenvalue weighted by molar-refractivity contribution is 7.89. The summed E-state index contributed by atoms with van der Waals surface area (Å²) in [5.74, 6) is -0.593. The van der Waals surface area contributed by atoms with E-state index < -0.39 is 21.5 Å². The third kappa shape index (κ3) is 3.61. The van der Waals surface area contributed by atoms with Gasteiger partial charge in [-0.3, -0.25) is 4.79 Å². The number of carbonyl (C=O) groups excluding carboxylic acids is 1. The first-order chi connectivity index (χ1) is 9.72. The normalized spacial score (nSPS) is 24.5. The van der Waals surface area contributed by atoms with Crippen LogP contribution in [0, 0.1) is 0 Å². The van der Waals surface area contributed by atoms with Crippen LogP contribution in [0.2, 0.25) is 0 Å². The van der Waals surface area contributed by atoms with Gasteiger partial charge in [-0.15, -0.1) is 0 Å². The zero-order chi connectivity index (χ0) is 15.7. The maximum absolute atomic E-state index is 12.6. The van der Waals surface area contributed by atoms with E-state index in [9.17, 15) is 18.3 Å². The standard InChI is InChI=1S/C14H20N2O4S/c1-14(18)7-2-9-16(10-8-14)21(19,20)12-5-3-11(4-6-12)13(15)17/h3-6,18H,2,7-10H2,1H3,(H2,15,17). The van der Waals surface area contributed by atoms with Crippen molar-refractivity contribution in [1.29, 1.82) is 0 Å². The molecule has 21 heavy (non-hydrogen) atoms. The zero-order valence-corrected chi connectivity index (χ0v) is 12.8. The van der Waals surface area contributed by atoms with Crippen molar-refractivity contribution >= 4 is 15.9 Å². The summed E-state index contributed by atoms with van der Waals surface area (Å²) in [6, 6.07) is 5.59. The molecule has 2 rings (SSSR count). The Morgan fingerprint density at radius 1 is 1.24 bits per heavy atom. The molecule has 1 amide bonds. The number of benzene rings is 1. The molecule has 6 nitrogen and oxygen atoms in total. The molecule has 1 aromatic rings. The second-order valence-corrected chi connectivity index (χ2v) is 7.58. The van der Waals surface area contributed by atoms with E-state index in [0.717, 1.165) is 0 Å². The molecule has 7 heteroatoms. The van der Waals surface area contributed by atoms with Gasteiger partial charge in [0.25, 0.3) is 0 Å². The second kappa shape index (κ2) is 5.75. The molecular weight excluding hydrogens is 292 g/mol. The predicted molar refractivity (Wildman–Crippen MR) is 78.2 cm³/mol. The van der Waals surface area contributed by atoms with Gasteiger partial charge < -0.3 is 10.8 Å². The van der Waals surface area contributed by atoms with Crippen molar-refractivity contribution in [2.24, 2.45) is 5.73 Å². The largest absolute Gasteiger partial charge is 0.390 e. The van der Waals surface area contributed by atoms with Crippen LogP contribution in [0.15, 0.2) is 29.2 Å². The predicted octanol–water partition coefficient (Wildman–Crippen LogP) is 0.711. The van der Waals surface area contributed by atoms with Gasteiger partial charge in [-0.1, -0.05) is 0 Å². The lowest BCUT2D eigenvalue weighted by Crippen LogP contribution is -2.33. The van der Waals surface area contributed by atoms with Crippen molar-refractivity contribution in [2.75, 3.05) is 13.1 Å². The van der Waals surface area contributed by atoms with Crippen LogP contribution >= 0.6 is 0 Å². The first-order valence-electron chi connectivity index (χ1n) is 6.85. The zero-order valence-electron chi connectivity index (χ0n) is 11.9. The van der Waals surface area contributed by atoms with E-state index in [0.29, 0.717) is 25.8 Å². The van der Waals surface area contributed by atoms with Crippen molar-refractivity contribution < 1.29 is 18.3 Å². The van der Waals surface area contributed by atoms with Crippen LogP contribution in [0.4, 0.5) is 0 Å². The number of sulfonamides is 1. The number of nitrogens with zero attached hydrogens (tertiary/aromatic N) is 1. The van der Waals surface area contributed by atoms with Crippen LogP contribution in [0.3, 0.4) is 0 Å². The van der Waals surface area contributed by atoms with E-state index in [1.807, 2.05) is 0 Å². The van der Waals surface area contributed by atoms with Crippen molar-refractivity contribution in [3.8, 4) is 0 Å². The Morgan fingerprint density at radius 2 is 1.86 bits per heavy atom. The van der Waals surface area contributed by atoms with Crippen molar-refractivity contribution in [3.05, 3.63) is 29.8 Å². The molecule has 1 heterocycles. The molecule has 3 N–H and O–H groups in total. The summed E-state index contributed by atoms with van der Waals surface area (Å²) in [4.78, 5) is 11.1. The van der Waals surface area contributed by atoms with E-state index in [1.165, 1.54) is 28.6 Å². The van der Waals surface area contributed by atoms with Gasteiger partial charge in [-0.25, -0.2) is 8.42 Å². The van der Waals surface area contributed by atoms with Crippen LogP contribution in [0.5, 0.6) is 0 Å². The first-order valence-corrected chi connectivity index (χ1v) is 8.29. The fourth-order valence-corrected chi connectivity index (χ4v) is 3.90. The number of nitrogens with two attached hydrogens (primary N) is 1.